The summed E-state index contributed by atoms with van der Waals surface area (Å²) in [6.45, 7) is 1.50. The van der Waals surface area contributed by atoms with Crippen LogP contribution in [0.2, 0.25) is 5.02 Å². The van der Waals surface area contributed by atoms with Crippen molar-refractivity contribution in [2.75, 3.05) is 16.2 Å². The number of sulfonamides is 1. The second kappa shape index (κ2) is 8.46. The van der Waals surface area contributed by atoms with E-state index in [2.05, 4.69) is 5.32 Å². The predicted molar refractivity (Wildman–Crippen MR) is 112 cm³/mol. The number of para-hydroxylation sites is 1. The molecule has 1 amide bonds. The first-order valence-corrected chi connectivity index (χ1v) is 10.4. The number of nitrogens with one attached hydrogen (secondary N) is 1. The zero-order valence-electron chi connectivity index (χ0n) is 15.2. The fourth-order valence-corrected chi connectivity index (χ4v) is 4.48. The number of rotatable bonds is 6. The van der Waals surface area contributed by atoms with Gasteiger partial charge in [0.1, 0.15) is 6.54 Å². The van der Waals surface area contributed by atoms with Crippen LogP contribution >= 0.6 is 11.6 Å². The highest BCUT2D eigenvalue weighted by atomic mass is 35.5. The fraction of sp³-hybridized carbons (Fsp3) is 0.0952. The van der Waals surface area contributed by atoms with Crippen LogP contribution in [0.5, 0.6) is 0 Å². The predicted octanol–water partition coefficient (Wildman–Crippen LogP) is 4.48. The van der Waals surface area contributed by atoms with E-state index in [1.54, 1.807) is 48.5 Å². The van der Waals surface area contributed by atoms with Crippen LogP contribution in [0.15, 0.2) is 83.8 Å². The maximum atomic E-state index is 13.2. The Morgan fingerprint density at radius 1 is 0.964 bits per heavy atom. The second-order valence-corrected chi connectivity index (χ2v) is 8.46. The Morgan fingerprint density at radius 2 is 1.64 bits per heavy atom. The lowest BCUT2D eigenvalue weighted by atomic mass is 10.2. The van der Waals surface area contributed by atoms with Gasteiger partial charge in [-0.2, -0.15) is 0 Å². The molecule has 0 saturated heterocycles. The molecule has 0 spiro atoms. The molecular weight excluding hydrogens is 396 g/mol. The first kappa shape index (κ1) is 19.9. The van der Waals surface area contributed by atoms with E-state index in [0.717, 1.165) is 9.87 Å². The van der Waals surface area contributed by atoms with E-state index in [0.29, 0.717) is 5.69 Å². The number of nitrogens with zero attached hydrogens (tertiary/aromatic N) is 1. The molecule has 1 N–H and O–H groups in total. The van der Waals surface area contributed by atoms with Crippen molar-refractivity contribution < 1.29 is 13.2 Å². The molecule has 0 aromatic heterocycles. The summed E-state index contributed by atoms with van der Waals surface area (Å²) in [4.78, 5) is 12.7. The van der Waals surface area contributed by atoms with Crippen molar-refractivity contribution in [1.82, 2.24) is 0 Å². The Labute approximate surface area is 169 Å². The largest absolute Gasteiger partial charge is 0.325 e. The normalized spacial score (nSPS) is 11.1. The van der Waals surface area contributed by atoms with Gasteiger partial charge in [0.15, 0.2) is 0 Å². The number of carbonyl (C=O) groups is 1. The van der Waals surface area contributed by atoms with Crippen molar-refractivity contribution in [3.63, 3.8) is 0 Å². The molecule has 0 aliphatic heterocycles. The van der Waals surface area contributed by atoms with Crippen molar-refractivity contribution in [3.05, 3.63) is 89.4 Å². The Hall–Kier alpha value is -2.83. The highest BCUT2D eigenvalue weighted by Crippen LogP contribution is 2.30. The number of aryl methyl sites for hydroxylation is 1. The zero-order valence-corrected chi connectivity index (χ0v) is 16.7. The SMILES string of the molecule is Cc1cccc(NC(=O)CN(c2ccccc2Cl)S(=O)(=O)c2ccccc2)c1. The Morgan fingerprint density at radius 3 is 2.32 bits per heavy atom. The number of hydrogen-bond donors (Lipinski definition) is 1. The van der Waals surface area contributed by atoms with Gasteiger partial charge in [0.25, 0.3) is 10.0 Å². The quantitative estimate of drug-likeness (QED) is 0.646. The van der Waals surface area contributed by atoms with E-state index in [1.807, 2.05) is 25.1 Å². The van der Waals surface area contributed by atoms with Gasteiger partial charge in [-0.25, -0.2) is 8.42 Å². The van der Waals surface area contributed by atoms with E-state index in [-0.39, 0.29) is 15.6 Å². The van der Waals surface area contributed by atoms with Gasteiger partial charge in [-0.05, 0) is 48.9 Å². The highest BCUT2D eigenvalue weighted by Gasteiger charge is 2.28. The summed E-state index contributed by atoms with van der Waals surface area (Å²) >= 11 is 6.24. The minimum Gasteiger partial charge on any atom is -0.325 e. The maximum absolute atomic E-state index is 13.2. The minimum atomic E-state index is -3.98. The fourth-order valence-electron chi connectivity index (χ4n) is 2.73. The van der Waals surface area contributed by atoms with Crippen molar-refractivity contribution in [2.24, 2.45) is 0 Å². The van der Waals surface area contributed by atoms with Crippen molar-refractivity contribution >= 4 is 38.9 Å². The van der Waals surface area contributed by atoms with Gasteiger partial charge in [-0.15, -0.1) is 0 Å². The third-order valence-corrected chi connectivity index (χ3v) is 6.13. The molecule has 3 rings (SSSR count). The summed E-state index contributed by atoms with van der Waals surface area (Å²) in [6.07, 6.45) is 0. The molecule has 3 aromatic carbocycles. The van der Waals surface area contributed by atoms with Crippen LogP contribution in [0.3, 0.4) is 0 Å². The van der Waals surface area contributed by atoms with Gasteiger partial charge in [-0.3, -0.25) is 9.10 Å². The highest BCUT2D eigenvalue weighted by molar-refractivity contribution is 7.92. The van der Waals surface area contributed by atoms with Gasteiger partial charge >= 0.3 is 0 Å². The van der Waals surface area contributed by atoms with Crippen molar-refractivity contribution in [3.8, 4) is 0 Å². The summed E-state index contributed by atoms with van der Waals surface area (Å²) < 4.78 is 27.5. The van der Waals surface area contributed by atoms with Gasteiger partial charge in [0.05, 0.1) is 15.6 Å². The molecule has 0 unspecified atom stereocenters. The zero-order chi connectivity index (χ0) is 20.1. The van der Waals surface area contributed by atoms with Crippen LogP contribution in [0.1, 0.15) is 5.56 Å². The monoisotopic (exact) mass is 414 g/mol. The van der Waals surface area contributed by atoms with Crippen LogP contribution < -0.4 is 9.62 Å². The number of benzene rings is 3. The van der Waals surface area contributed by atoms with Crippen LogP contribution in [0, 0.1) is 6.92 Å². The van der Waals surface area contributed by atoms with Crippen LogP contribution in [-0.4, -0.2) is 20.9 Å². The van der Waals surface area contributed by atoms with Gasteiger partial charge < -0.3 is 5.32 Å². The molecule has 144 valence electrons. The molecule has 0 atom stereocenters. The van der Waals surface area contributed by atoms with Gasteiger partial charge in [0.2, 0.25) is 5.91 Å². The molecule has 7 heteroatoms. The van der Waals surface area contributed by atoms with Crippen molar-refractivity contribution in [2.45, 2.75) is 11.8 Å². The lowest BCUT2D eigenvalue weighted by molar-refractivity contribution is -0.114. The van der Waals surface area contributed by atoms with E-state index in [9.17, 15) is 13.2 Å². The topological polar surface area (TPSA) is 66.5 Å². The van der Waals surface area contributed by atoms with Crippen LogP contribution in [0.25, 0.3) is 0 Å². The van der Waals surface area contributed by atoms with Gasteiger partial charge in [0, 0.05) is 5.69 Å². The number of halogens is 1. The molecule has 3 aromatic rings. The van der Waals surface area contributed by atoms with Gasteiger partial charge in [-0.1, -0.05) is 54.1 Å². The summed E-state index contributed by atoms with van der Waals surface area (Å²) in [6, 6.07) is 21.8. The number of amides is 1. The summed E-state index contributed by atoms with van der Waals surface area (Å²) in [5.41, 5.74) is 1.83. The van der Waals surface area contributed by atoms with E-state index in [1.165, 1.54) is 12.1 Å². The number of carbonyl (C=O) groups excluding carboxylic acids is 1. The molecule has 0 aliphatic rings. The first-order chi connectivity index (χ1) is 13.4. The van der Waals surface area contributed by atoms with E-state index >= 15 is 0 Å². The molecule has 0 bridgehead atoms. The Bertz CT molecular complexity index is 1090. The maximum Gasteiger partial charge on any atom is 0.264 e. The molecule has 0 saturated carbocycles. The average molecular weight is 415 g/mol. The molecular formula is C21H19ClN2O3S. The standard InChI is InChI=1S/C21H19ClN2O3S/c1-16-8-7-9-17(14-16)23-21(25)15-24(20-13-6-5-12-19(20)22)28(26,27)18-10-3-2-4-11-18/h2-14H,15H2,1H3,(H,23,25). The average Bonchev–Trinajstić information content (AvgIpc) is 2.67. The number of anilines is 2. The molecule has 28 heavy (non-hydrogen) atoms. The Kier molecular flexibility index (Phi) is 6.02. The molecule has 5 nitrogen and oxygen atoms in total. The third-order valence-electron chi connectivity index (χ3n) is 4.04. The lowest BCUT2D eigenvalue weighted by Crippen LogP contribution is -2.38. The lowest BCUT2D eigenvalue weighted by Gasteiger charge is -2.25. The molecule has 0 heterocycles. The van der Waals surface area contributed by atoms with E-state index < -0.39 is 22.5 Å². The summed E-state index contributed by atoms with van der Waals surface area (Å²) in [7, 11) is -3.98. The Balaban J connectivity index is 1.95. The van der Waals surface area contributed by atoms with Crippen molar-refractivity contribution in [1.29, 1.82) is 0 Å². The first-order valence-electron chi connectivity index (χ1n) is 8.57. The van der Waals surface area contributed by atoms with Crippen LogP contribution in [0.4, 0.5) is 11.4 Å². The third kappa shape index (κ3) is 4.52. The number of hydrogen-bond acceptors (Lipinski definition) is 3. The summed E-state index contributed by atoms with van der Waals surface area (Å²) in [5.74, 6) is -0.468. The molecule has 0 radical (unpaired) electrons. The summed E-state index contributed by atoms with van der Waals surface area (Å²) in [5, 5.41) is 2.98. The molecule has 0 fully saturated rings. The van der Waals surface area contributed by atoms with Crippen LogP contribution in [-0.2, 0) is 14.8 Å². The smallest absolute Gasteiger partial charge is 0.264 e. The van der Waals surface area contributed by atoms with E-state index in [4.69, 9.17) is 11.6 Å². The second-order valence-electron chi connectivity index (χ2n) is 6.19. The molecule has 0 aliphatic carbocycles. The minimum absolute atomic E-state index is 0.0817.